The lowest BCUT2D eigenvalue weighted by Crippen LogP contribution is -2.48. The van der Waals surface area contributed by atoms with Gasteiger partial charge in [-0.3, -0.25) is 9.69 Å². The van der Waals surface area contributed by atoms with E-state index in [1.165, 1.54) is 24.3 Å². The smallest absolute Gasteiger partial charge is 0.416 e. The first-order chi connectivity index (χ1) is 14.8. The Morgan fingerprint density at radius 1 is 1.06 bits per heavy atom. The van der Waals surface area contributed by atoms with Crippen LogP contribution in [0.3, 0.4) is 0 Å². The maximum atomic E-state index is 13.6. The van der Waals surface area contributed by atoms with Gasteiger partial charge in [-0.2, -0.15) is 13.2 Å². The number of alkyl halides is 3. The van der Waals surface area contributed by atoms with Crippen LogP contribution in [0.5, 0.6) is 5.75 Å². The minimum Gasteiger partial charge on any atom is -0.496 e. The Hall–Kier alpha value is -2.61. The summed E-state index contributed by atoms with van der Waals surface area (Å²) >= 11 is 0. The fraction of sp³-hybridized carbons (Fsp3) is 0.435. The molecule has 4 rings (SSSR count). The summed E-state index contributed by atoms with van der Waals surface area (Å²) in [5.74, 6) is 0.216. The Morgan fingerprint density at radius 2 is 1.74 bits per heavy atom. The van der Waals surface area contributed by atoms with Crippen molar-refractivity contribution in [1.29, 1.82) is 0 Å². The molecule has 1 aliphatic carbocycles. The molecule has 8 heteroatoms. The number of carbonyl (C=O) groups is 1. The van der Waals surface area contributed by atoms with Crippen LogP contribution in [0.1, 0.15) is 29.0 Å². The summed E-state index contributed by atoms with van der Waals surface area (Å²) in [6.45, 7) is 3.03. The molecule has 4 nitrogen and oxygen atoms in total. The van der Waals surface area contributed by atoms with Crippen molar-refractivity contribution in [2.75, 3.05) is 33.3 Å². The van der Waals surface area contributed by atoms with Crippen molar-refractivity contribution in [2.45, 2.75) is 25.1 Å². The average molecular weight is 436 g/mol. The molecule has 2 atom stereocenters. The summed E-state index contributed by atoms with van der Waals surface area (Å²) in [6.07, 6.45) is -3.68. The maximum absolute atomic E-state index is 13.6. The normalized spacial score (nSPS) is 21.8. The minimum absolute atomic E-state index is 0.00984. The molecule has 0 aromatic heterocycles. The van der Waals surface area contributed by atoms with Crippen LogP contribution in [0, 0.1) is 11.7 Å². The highest BCUT2D eigenvalue weighted by Crippen LogP contribution is 2.49. The number of benzene rings is 2. The molecule has 0 bridgehead atoms. The van der Waals surface area contributed by atoms with E-state index in [4.69, 9.17) is 4.74 Å². The maximum Gasteiger partial charge on any atom is 0.416 e. The van der Waals surface area contributed by atoms with Crippen molar-refractivity contribution in [3.05, 3.63) is 65.0 Å². The third kappa shape index (κ3) is 4.84. The Kier molecular flexibility index (Phi) is 5.92. The Balaban J connectivity index is 1.30. The molecule has 2 aliphatic rings. The van der Waals surface area contributed by atoms with Gasteiger partial charge < -0.3 is 9.64 Å². The molecule has 0 spiro atoms. The quantitative estimate of drug-likeness (QED) is 0.656. The van der Waals surface area contributed by atoms with Gasteiger partial charge in [0.1, 0.15) is 11.6 Å². The third-order valence-electron chi connectivity index (χ3n) is 6.09. The molecule has 1 amide bonds. The molecule has 1 saturated carbocycles. The molecule has 1 saturated heterocycles. The molecule has 2 unspecified atom stereocenters. The van der Waals surface area contributed by atoms with Gasteiger partial charge in [0.2, 0.25) is 5.91 Å². The molecule has 1 aliphatic heterocycles. The number of ether oxygens (including phenoxy) is 1. The van der Waals surface area contributed by atoms with Crippen LogP contribution >= 0.6 is 0 Å². The summed E-state index contributed by atoms with van der Waals surface area (Å²) in [4.78, 5) is 16.8. The van der Waals surface area contributed by atoms with Crippen LogP contribution in [-0.2, 0) is 17.5 Å². The highest BCUT2D eigenvalue weighted by Gasteiger charge is 2.46. The molecule has 0 radical (unpaired) electrons. The molecule has 0 N–H and O–H groups in total. The lowest BCUT2D eigenvalue weighted by Gasteiger charge is -2.35. The van der Waals surface area contributed by atoms with Crippen molar-refractivity contribution in [1.82, 2.24) is 9.80 Å². The first-order valence-electron chi connectivity index (χ1n) is 10.3. The highest BCUT2D eigenvalue weighted by molar-refractivity contribution is 5.83. The summed E-state index contributed by atoms with van der Waals surface area (Å²) in [5, 5.41) is 0. The van der Waals surface area contributed by atoms with Gasteiger partial charge in [-0.05, 0) is 48.2 Å². The van der Waals surface area contributed by atoms with Gasteiger partial charge in [-0.15, -0.1) is 0 Å². The van der Waals surface area contributed by atoms with Gasteiger partial charge in [0.15, 0.2) is 0 Å². The summed E-state index contributed by atoms with van der Waals surface area (Å²) in [7, 11) is 1.55. The second-order valence-electron chi connectivity index (χ2n) is 8.13. The summed E-state index contributed by atoms with van der Waals surface area (Å²) < 4.78 is 57.1. The van der Waals surface area contributed by atoms with E-state index in [-0.39, 0.29) is 23.6 Å². The zero-order valence-corrected chi connectivity index (χ0v) is 17.2. The van der Waals surface area contributed by atoms with Crippen LogP contribution in [-0.4, -0.2) is 49.0 Å². The van der Waals surface area contributed by atoms with Crippen molar-refractivity contribution in [3.8, 4) is 5.75 Å². The lowest BCUT2D eigenvalue weighted by molar-refractivity contribution is -0.137. The SMILES string of the molecule is COc1ccc(F)cc1CN1CCN(C(=O)C2CC2c2ccc(C(F)(F)F)cc2)CC1. The number of piperazine rings is 1. The number of methoxy groups -OCH3 is 1. The zero-order chi connectivity index (χ0) is 22.2. The van der Waals surface area contributed by atoms with Crippen LogP contribution in [0.15, 0.2) is 42.5 Å². The van der Waals surface area contributed by atoms with E-state index in [1.807, 2.05) is 4.90 Å². The Morgan fingerprint density at radius 3 is 2.35 bits per heavy atom. The number of halogens is 4. The molecule has 166 valence electrons. The van der Waals surface area contributed by atoms with E-state index in [0.717, 1.165) is 23.3 Å². The second-order valence-corrected chi connectivity index (χ2v) is 8.13. The zero-order valence-electron chi connectivity index (χ0n) is 17.2. The van der Waals surface area contributed by atoms with E-state index >= 15 is 0 Å². The number of rotatable bonds is 5. The van der Waals surface area contributed by atoms with Gasteiger partial charge >= 0.3 is 6.18 Å². The van der Waals surface area contributed by atoms with Gasteiger partial charge in [0.25, 0.3) is 0 Å². The number of carbonyl (C=O) groups excluding carboxylic acids is 1. The molecule has 2 fully saturated rings. The van der Waals surface area contributed by atoms with Crippen molar-refractivity contribution < 1.29 is 27.1 Å². The standard InChI is InChI=1S/C23H24F4N2O2/c1-31-21-7-6-18(24)12-16(21)14-28-8-10-29(11-9-28)22(30)20-13-19(20)15-2-4-17(5-3-15)23(25,26)27/h2-7,12,19-20H,8-11,13-14H2,1H3. The molecule has 2 aromatic rings. The van der Waals surface area contributed by atoms with E-state index in [0.29, 0.717) is 44.9 Å². The second kappa shape index (κ2) is 8.49. The van der Waals surface area contributed by atoms with Gasteiger partial charge in [0.05, 0.1) is 12.7 Å². The summed E-state index contributed by atoms with van der Waals surface area (Å²) in [5.41, 5.74) is 0.876. The molecular weight excluding hydrogens is 412 g/mol. The lowest BCUT2D eigenvalue weighted by atomic mass is 10.1. The van der Waals surface area contributed by atoms with Gasteiger partial charge in [-0.1, -0.05) is 12.1 Å². The Bertz CT molecular complexity index is 938. The third-order valence-corrected chi connectivity index (χ3v) is 6.09. The number of hydrogen-bond acceptors (Lipinski definition) is 3. The fourth-order valence-corrected chi connectivity index (χ4v) is 4.23. The number of hydrogen-bond donors (Lipinski definition) is 0. The number of nitrogens with zero attached hydrogens (tertiary/aromatic N) is 2. The highest BCUT2D eigenvalue weighted by atomic mass is 19.4. The predicted octanol–water partition coefficient (Wildman–Crippen LogP) is 4.30. The van der Waals surface area contributed by atoms with Crippen molar-refractivity contribution in [2.24, 2.45) is 5.92 Å². The minimum atomic E-state index is -4.35. The van der Waals surface area contributed by atoms with Crippen LogP contribution in [0.2, 0.25) is 0 Å². The van der Waals surface area contributed by atoms with E-state index in [9.17, 15) is 22.4 Å². The van der Waals surface area contributed by atoms with Crippen molar-refractivity contribution in [3.63, 3.8) is 0 Å². The van der Waals surface area contributed by atoms with Crippen LogP contribution in [0.25, 0.3) is 0 Å². The van der Waals surface area contributed by atoms with Gasteiger partial charge in [-0.25, -0.2) is 4.39 Å². The van der Waals surface area contributed by atoms with E-state index in [2.05, 4.69) is 4.90 Å². The molecular formula is C23H24F4N2O2. The average Bonchev–Trinajstić information content (AvgIpc) is 3.54. The van der Waals surface area contributed by atoms with E-state index < -0.39 is 11.7 Å². The first-order valence-corrected chi connectivity index (χ1v) is 10.3. The molecule has 1 heterocycles. The predicted molar refractivity (Wildman–Crippen MR) is 107 cm³/mol. The first kappa shape index (κ1) is 21.6. The van der Waals surface area contributed by atoms with Crippen LogP contribution < -0.4 is 4.74 Å². The summed E-state index contributed by atoms with van der Waals surface area (Å²) in [6, 6.07) is 9.55. The van der Waals surface area contributed by atoms with Crippen LogP contribution in [0.4, 0.5) is 17.6 Å². The van der Waals surface area contributed by atoms with Gasteiger partial charge in [0, 0.05) is 44.2 Å². The topological polar surface area (TPSA) is 32.8 Å². The van der Waals surface area contributed by atoms with Crippen molar-refractivity contribution >= 4 is 5.91 Å². The number of amides is 1. The Labute approximate surface area is 178 Å². The molecule has 31 heavy (non-hydrogen) atoms. The van der Waals surface area contributed by atoms with E-state index in [1.54, 1.807) is 13.2 Å². The monoisotopic (exact) mass is 436 g/mol. The largest absolute Gasteiger partial charge is 0.496 e. The fourth-order valence-electron chi connectivity index (χ4n) is 4.23. The molecule has 2 aromatic carbocycles.